The molecule has 0 saturated carbocycles. The Balaban J connectivity index is 2.11. The normalized spacial score (nSPS) is 21.8. The van der Waals surface area contributed by atoms with E-state index in [0.717, 1.165) is 0 Å². The Hall–Kier alpha value is -0.850. The number of nitrogens with zero attached hydrogens (tertiary/aromatic N) is 1. The fourth-order valence-electron chi connectivity index (χ4n) is 1.74. The molecule has 1 saturated heterocycles. The van der Waals surface area contributed by atoms with E-state index in [1.807, 2.05) is 0 Å². The van der Waals surface area contributed by atoms with E-state index in [-0.39, 0.29) is 33.4 Å². The zero-order valence-electron chi connectivity index (χ0n) is 9.19. The molecule has 2 rings (SSSR count). The third kappa shape index (κ3) is 3.13. The summed E-state index contributed by atoms with van der Waals surface area (Å²) in [6, 6.07) is 2.55. The van der Waals surface area contributed by atoms with E-state index in [1.165, 1.54) is 12.1 Å². The van der Waals surface area contributed by atoms with Crippen molar-refractivity contribution in [2.24, 2.45) is 0 Å². The smallest absolute Gasteiger partial charge is 0.271 e. The van der Waals surface area contributed by atoms with Crippen LogP contribution in [0.4, 0.5) is 0 Å². The number of halogens is 2. The molecule has 2 heterocycles. The fraction of sp³-hybridized carbons (Fsp3) is 0.400. The summed E-state index contributed by atoms with van der Waals surface area (Å²) in [5.41, 5.74) is 0.00784. The molecule has 0 spiro atoms. The van der Waals surface area contributed by atoms with E-state index < -0.39 is 15.7 Å². The highest BCUT2D eigenvalue weighted by molar-refractivity contribution is 7.91. The molecule has 1 aliphatic rings. The molecule has 0 radical (unpaired) electrons. The number of pyridine rings is 1. The van der Waals surface area contributed by atoms with Crippen LogP contribution in [0.2, 0.25) is 10.2 Å². The summed E-state index contributed by atoms with van der Waals surface area (Å²) >= 11 is 11.5. The van der Waals surface area contributed by atoms with Crippen LogP contribution in [-0.2, 0) is 9.84 Å². The quantitative estimate of drug-likeness (QED) is 0.836. The lowest BCUT2D eigenvalue weighted by Crippen LogP contribution is -2.36. The summed E-state index contributed by atoms with van der Waals surface area (Å²) in [6.07, 6.45) is 0.409. The highest BCUT2D eigenvalue weighted by Gasteiger charge is 2.29. The van der Waals surface area contributed by atoms with E-state index in [0.29, 0.717) is 6.42 Å². The Bertz CT molecular complexity index is 589. The van der Waals surface area contributed by atoms with Crippen LogP contribution in [0.3, 0.4) is 0 Å². The Kier molecular flexibility index (Phi) is 3.79. The zero-order valence-corrected chi connectivity index (χ0v) is 11.5. The van der Waals surface area contributed by atoms with Gasteiger partial charge in [0.2, 0.25) is 0 Å². The molecule has 0 aromatic carbocycles. The molecule has 1 N–H and O–H groups in total. The lowest BCUT2D eigenvalue weighted by molar-refractivity contribution is 0.0936. The van der Waals surface area contributed by atoms with Gasteiger partial charge in [0.1, 0.15) is 10.8 Å². The Morgan fingerprint density at radius 3 is 2.72 bits per heavy atom. The number of hydrogen-bond donors (Lipinski definition) is 1. The molecule has 18 heavy (non-hydrogen) atoms. The summed E-state index contributed by atoms with van der Waals surface area (Å²) < 4.78 is 22.5. The molecule has 5 nitrogen and oxygen atoms in total. The van der Waals surface area contributed by atoms with Crippen LogP contribution in [0, 0.1) is 0 Å². The van der Waals surface area contributed by atoms with E-state index >= 15 is 0 Å². The van der Waals surface area contributed by atoms with Crippen molar-refractivity contribution in [1.29, 1.82) is 0 Å². The van der Waals surface area contributed by atoms with Crippen molar-refractivity contribution in [2.45, 2.75) is 12.5 Å². The number of hydrogen-bond acceptors (Lipinski definition) is 4. The molecule has 1 unspecified atom stereocenters. The summed E-state index contributed by atoms with van der Waals surface area (Å²) in [4.78, 5) is 15.7. The molecule has 1 fully saturated rings. The van der Waals surface area contributed by atoms with Crippen LogP contribution < -0.4 is 5.32 Å². The highest BCUT2D eigenvalue weighted by Crippen LogP contribution is 2.18. The number of aromatic nitrogens is 1. The van der Waals surface area contributed by atoms with Crippen molar-refractivity contribution in [3.05, 3.63) is 28.0 Å². The fourth-order valence-corrected chi connectivity index (χ4v) is 3.75. The van der Waals surface area contributed by atoms with Gasteiger partial charge in [-0.05, 0) is 18.6 Å². The van der Waals surface area contributed by atoms with Crippen LogP contribution in [-0.4, -0.2) is 36.9 Å². The molecule has 0 aliphatic carbocycles. The van der Waals surface area contributed by atoms with Gasteiger partial charge >= 0.3 is 0 Å². The van der Waals surface area contributed by atoms with Crippen molar-refractivity contribution in [2.75, 3.05) is 11.5 Å². The number of carbonyl (C=O) groups is 1. The summed E-state index contributed by atoms with van der Waals surface area (Å²) in [5, 5.41) is 2.93. The minimum Gasteiger partial charge on any atom is -0.347 e. The number of amides is 1. The van der Waals surface area contributed by atoms with Gasteiger partial charge in [0, 0.05) is 6.04 Å². The topological polar surface area (TPSA) is 76.1 Å². The average Bonchev–Trinajstić information content (AvgIpc) is 2.61. The second-order valence-electron chi connectivity index (χ2n) is 4.04. The van der Waals surface area contributed by atoms with Crippen molar-refractivity contribution < 1.29 is 13.2 Å². The molecule has 0 bridgehead atoms. The maximum atomic E-state index is 11.9. The summed E-state index contributed by atoms with van der Waals surface area (Å²) in [6.45, 7) is 0. The first kappa shape index (κ1) is 13.6. The molecule has 1 aromatic heterocycles. The van der Waals surface area contributed by atoms with Gasteiger partial charge in [-0.15, -0.1) is 0 Å². The predicted octanol–water partition coefficient (Wildman–Crippen LogP) is 1.31. The van der Waals surface area contributed by atoms with E-state index in [2.05, 4.69) is 10.3 Å². The first-order valence-corrected chi connectivity index (χ1v) is 7.78. The summed E-state index contributed by atoms with van der Waals surface area (Å²) in [5.74, 6) is -0.462. The van der Waals surface area contributed by atoms with E-state index in [4.69, 9.17) is 23.2 Å². The van der Waals surface area contributed by atoms with Crippen molar-refractivity contribution in [3.8, 4) is 0 Å². The maximum Gasteiger partial charge on any atom is 0.271 e. The van der Waals surface area contributed by atoms with Crippen LogP contribution in [0.5, 0.6) is 0 Å². The van der Waals surface area contributed by atoms with Crippen molar-refractivity contribution in [3.63, 3.8) is 0 Å². The number of rotatable bonds is 2. The van der Waals surface area contributed by atoms with E-state index in [9.17, 15) is 13.2 Å². The Morgan fingerprint density at radius 1 is 1.39 bits per heavy atom. The largest absolute Gasteiger partial charge is 0.347 e. The van der Waals surface area contributed by atoms with Gasteiger partial charge in [-0.2, -0.15) is 0 Å². The second-order valence-corrected chi connectivity index (χ2v) is 7.06. The maximum absolute atomic E-state index is 11.9. The third-order valence-electron chi connectivity index (χ3n) is 2.59. The molecular weight excluding hydrogens is 299 g/mol. The zero-order chi connectivity index (χ0) is 13.3. The Morgan fingerprint density at radius 2 is 2.11 bits per heavy atom. The van der Waals surface area contributed by atoms with E-state index in [1.54, 1.807) is 0 Å². The molecule has 1 atom stereocenters. The second kappa shape index (κ2) is 5.03. The molecule has 8 heteroatoms. The molecule has 1 aliphatic heterocycles. The molecule has 1 amide bonds. The standard InChI is InChI=1S/C10H10Cl2N2O3S/c11-7-1-2-8(12)14-9(7)10(15)13-6-3-4-18(16,17)5-6/h1-2,6H,3-5H2,(H,13,15). The average molecular weight is 309 g/mol. The van der Waals surface area contributed by atoms with Gasteiger partial charge in [0.15, 0.2) is 9.84 Å². The first-order chi connectivity index (χ1) is 8.37. The van der Waals surface area contributed by atoms with Crippen molar-refractivity contribution in [1.82, 2.24) is 10.3 Å². The van der Waals surface area contributed by atoms with Crippen LogP contribution >= 0.6 is 23.2 Å². The van der Waals surface area contributed by atoms with Gasteiger partial charge in [-0.25, -0.2) is 13.4 Å². The summed E-state index contributed by atoms with van der Waals surface area (Å²) in [7, 11) is -3.04. The molecule has 98 valence electrons. The van der Waals surface area contributed by atoms with Crippen LogP contribution in [0.25, 0.3) is 0 Å². The minimum absolute atomic E-state index is 0.00784. The molecular formula is C10H10Cl2N2O3S. The monoisotopic (exact) mass is 308 g/mol. The SMILES string of the molecule is O=C(NC1CCS(=O)(=O)C1)c1nc(Cl)ccc1Cl. The van der Waals surface area contributed by atoms with Gasteiger partial charge in [-0.1, -0.05) is 23.2 Å². The predicted molar refractivity (Wildman–Crippen MR) is 68.8 cm³/mol. The van der Waals surface area contributed by atoms with Gasteiger partial charge in [0.05, 0.1) is 16.5 Å². The molecule has 1 aromatic rings. The lowest BCUT2D eigenvalue weighted by Gasteiger charge is -2.11. The first-order valence-electron chi connectivity index (χ1n) is 5.21. The van der Waals surface area contributed by atoms with Gasteiger partial charge in [0.25, 0.3) is 5.91 Å². The number of nitrogens with one attached hydrogen (secondary N) is 1. The highest BCUT2D eigenvalue weighted by atomic mass is 35.5. The number of sulfone groups is 1. The van der Waals surface area contributed by atoms with Gasteiger partial charge in [-0.3, -0.25) is 4.79 Å². The van der Waals surface area contributed by atoms with Crippen LogP contribution in [0.1, 0.15) is 16.9 Å². The number of carbonyl (C=O) groups excluding carboxylic acids is 1. The van der Waals surface area contributed by atoms with Crippen LogP contribution in [0.15, 0.2) is 12.1 Å². The minimum atomic E-state index is -3.04. The third-order valence-corrected chi connectivity index (χ3v) is 4.88. The Labute approximate surface area is 114 Å². The lowest BCUT2D eigenvalue weighted by atomic mass is 10.2. The van der Waals surface area contributed by atoms with Gasteiger partial charge < -0.3 is 5.32 Å². The van der Waals surface area contributed by atoms with Crippen molar-refractivity contribution >= 4 is 38.9 Å².